The van der Waals surface area contributed by atoms with Crippen LogP contribution in [-0.4, -0.2) is 7.11 Å². The number of methoxy groups -OCH3 is 1. The van der Waals surface area contributed by atoms with E-state index in [2.05, 4.69) is 0 Å². The first-order valence-electron chi connectivity index (χ1n) is 6.15. The third-order valence-electron chi connectivity index (χ3n) is 4.43. The van der Waals surface area contributed by atoms with E-state index in [9.17, 15) is 8.78 Å². The van der Waals surface area contributed by atoms with Crippen LogP contribution in [0.4, 0.5) is 8.78 Å². The van der Waals surface area contributed by atoms with Gasteiger partial charge in [0.25, 0.3) is 5.92 Å². The van der Waals surface area contributed by atoms with Crippen molar-refractivity contribution >= 4 is 0 Å². The molecule has 1 aromatic carbocycles. The third kappa shape index (κ3) is 1.28. The maximum Gasteiger partial charge on any atom is 0.279 e. The lowest BCUT2D eigenvalue weighted by molar-refractivity contribution is -0.114. The average Bonchev–Trinajstić information content (AvgIpc) is 2.86. The fourth-order valence-corrected chi connectivity index (χ4v) is 3.51. The van der Waals surface area contributed by atoms with Crippen molar-refractivity contribution in [1.82, 2.24) is 0 Å². The van der Waals surface area contributed by atoms with Gasteiger partial charge >= 0.3 is 0 Å². The van der Waals surface area contributed by atoms with Crippen LogP contribution in [0.25, 0.3) is 0 Å². The second-order valence-corrected chi connectivity index (χ2v) is 5.22. The predicted molar refractivity (Wildman–Crippen MR) is 61.5 cm³/mol. The van der Waals surface area contributed by atoms with Crippen molar-refractivity contribution in [1.29, 1.82) is 0 Å². The van der Waals surface area contributed by atoms with E-state index in [1.54, 1.807) is 25.3 Å². The quantitative estimate of drug-likeness (QED) is 0.721. The summed E-state index contributed by atoms with van der Waals surface area (Å²) in [5.41, 5.74) is 0.0879. The molecule has 2 aliphatic carbocycles. The average molecular weight is 238 g/mol. The summed E-state index contributed by atoms with van der Waals surface area (Å²) in [5.74, 6) is -2.07. The van der Waals surface area contributed by atoms with E-state index in [0.29, 0.717) is 25.0 Å². The van der Waals surface area contributed by atoms with E-state index in [-0.39, 0.29) is 5.56 Å². The molecule has 0 aliphatic heterocycles. The van der Waals surface area contributed by atoms with Gasteiger partial charge in [0.15, 0.2) is 0 Å². The lowest BCUT2D eigenvalue weighted by Gasteiger charge is -2.30. The number of alkyl halides is 2. The Morgan fingerprint density at radius 1 is 1.18 bits per heavy atom. The summed E-state index contributed by atoms with van der Waals surface area (Å²) >= 11 is 0. The molecule has 0 N–H and O–H groups in total. The van der Waals surface area contributed by atoms with Crippen molar-refractivity contribution in [3.8, 4) is 5.75 Å². The molecule has 92 valence electrons. The summed E-state index contributed by atoms with van der Waals surface area (Å²) in [7, 11) is 1.55. The van der Waals surface area contributed by atoms with Crippen molar-refractivity contribution in [2.24, 2.45) is 5.41 Å². The van der Waals surface area contributed by atoms with Crippen LogP contribution >= 0.6 is 0 Å². The molecule has 0 heterocycles. The predicted octanol–water partition coefficient (Wildman–Crippen LogP) is 3.90. The normalized spacial score (nSPS) is 23.9. The second kappa shape index (κ2) is 3.44. The molecule has 0 aromatic heterocycles. The Morgan fingerprint density at radius 3 is 2.53 bits per heavy atom. The Labute approximate surface area is 99.8 Å². The number of hydrogen-bond donors (Lipinski definition) is 0. The molecule has 1 spiro atoms. The molecule has 0 bridgehead atoms. The van der Waals surface area contributed by atoms with Gasteiger partial charge in [0.2, 0.25) is 0 Å². The van der Waals surface area contributed by atoms with Crippen LogP contribution in [0, 0.1) is 5.41 Å². The van der Waals surface area contributed by atoms with E-state index in [0.717, 1.165) is 18.4 Å². The van der Waals surface area contributed by atoms with Gasteiger partial charge in [0, 0.05) is 16.5 Å². The topological polar surface area (TPSA) is 9.23 Å². The highest BCUT2D eigenvalue weighted by Gasteiger charge is 2.61. The molecular weight excluding hydrogens is 222 g/mol. The molecular formula is C14H16F2O. The fraction of sp³-hybridized carbons (Fsp3) is 0.571. The Bertz CT molecular complexity index is 448. The van der Waals surface area contributed by atoms with Gasteiger partial charge in [-0.15, -0.1) is 0 Å². The number of ether oxygens (including phenoxy) is 1. The molecule has 0 radical (unpaired) electrons. The zero-order valence-electron chi connectivity index (χ0n) is 9.93. The Hall–Kier alpha value is -1.12. The van der Waals surface area contributed by atoms with Crippen LogP contribution < -0.4 is 4.74 Å². The van der Waals surface area contributed by atoms with Crippen molar-refractivity contribution in [3.63, 3.8) is 0 Å². The van der Waals surface area contributed by atoms with Gasteiger partial charge in [-0.05, 0) is 25.3 Å². The van der Waals surface area contributed by atoms with Gasteiger partial charge in [-0.3, -0.25) is 0 Å². The molecule has 1 nitrogen and oxygen atoms in total. The molecule has 0 saturated heterocycles. The minimum atomic E-state index is -2.69. The second-order valence-electron chi connectivity index (χ2n) is 5.22. The molecule has 1 aromatic rings. The zero-order chi connectivity index (χ0) is 12.1. The van der Waals surface area contributed by atoms with Crippen molar-refractivity contribution in [2.75, 3.05) is 7.11 Å². The number of rotatable bonds is 1. The standard InChI is InChI=1S/C14H16F2O/c1-17-12-6-4-5-11-10(12)9-13(14(11,15)16)7-2-3-8-13/h4-6H,2-3,7-9H2,1H3. The monoisotopic (exact) mass is 238 g/mol. The summed E-state index contributed by atoms with van der Waals surface area (Å²) in [6.07, 6.45) is 3.59. The smallest absolute Gasteiger partial charge is 0.279 e. The molecule has 1 saturated carbocycles. The van der Waals surface area contributed by atoms with Crippen LogP contribution in [0.3, 0.4) is 0 Å². The summed E-state index contributed by atoms with van der Waals surface area (Å²) in [5, 5.41) is 0. The van der Waals surface area contributed by atoms with E-state index >= 15 is 0 Å². The first kappa shape index (κ1) is 11.0. The van der Waals surface area contributed by atoms with E-state index in [1.807, 2.05) is 0 Å². The Balaban J connectivity index is 2.15. The number of benzene rings is 1. The fourth-order valence-electron chi connectivity index (χ4n) is 3.51. The molecule has 2 aliphatic rings. The molecule has 0 unspecified atom stereocenters. The van der Waals surface area contributed by atoms with Gasteiger partial charge in [-0.2, -0.15) is 0 Å². The molecule has 17 heavy (non-hydrogen) atoms. The number of halogens is 2. The summed E-state index contributed by atoms with van der Waals surface area (Å²) in [6.45, 7) is 0. The summed E-state index contributed by atoms with van der Waals surface area (Å²) < 4.78 is 34.3. The molecule has 0 amide bonds. The maximum atomic E-state index is 14.6. The van der Waals surface area contributed by atoms with Crippen molar-refractivity contribution in [2.45, 2.75) is 38.0 Å². The van der Waals surface area contributed by atoms with E-state index in [4.69, 9.17) is 4.74 Å². The van der Waals surface area contributed by atoms with Crippen LogP contribution in [-0.2, 0) is 12.3 Å². The molecule has 0 atom stereocenters. The first-order chi connectivity index (χ1) is 8.11. The summed E-state index contributed by atoms with van der Waals surface area (Å²) in [6, 6.07) is 5.01. The van der Waals surface area contributed by atoms with Crippen LogP contribution in [0.5, 0.6) is 5.75 Å². The van der Waals surface area contributed by atoms with Gasteiger partial charge in [0.05, 0.1) is 7.11 Å². The number of fused-ring (bicyclic) bond motifs is 1. The number of hydrogen-bond acceptors (Lipinski definition) is 1. The van der Waals surface area contributed by atoms with Crippen LogP contribution in [0.15, 0.2) is 18.2 Å². The van der Waals surface area contributed by atoms with Crippen LogP contribution in [0.2, 0.25) is 0 Å². The molecule has 3 heteroatoms. The lowest BCUT2D eigenvalue weighted by atomic mass is 9.80. The minimum Gasteiger partial charge on any atom is -0.496 e. The maximum absolute atomic E-state index is 14.6. The Morgan fingerprint density at radius 2 is 1.88 bits per heavy atom. The first-order valence-corrected chi connectivity index (χ1v) is 6.15. The Kier molecular flexibility index (Phi) is 2.22. The highest BCUT2D eigenvalue weighted by Crippen LogP contribution is 2.62. The minimum absolute atomic E-state index is 0.193. The summed E-state index contributed by atoms with van der Waals surface area (Å²) in [4.78, 5) is 0. The largest absolute Gasteiger partial charge is 0.496 e. The third-order valence-corrected chi connectivity index (χ3v) is 4.43. The molecule has 1 fully saturated rings. The van der Waals surface area contributed by atoms with Crippen LogP contribution in [0.1, 0.15) is 36.8 Å². The van der Waals surface area contributed by atoms with Crippen molar-refractivity contribution in [3.05, 3.63) is 29.3 Å². The highest BCUT2D eigenvalue weighted by atomic mass is 19.3. The zero-order valence-corrected chi connectivity index (χ0v) is 9.93. The van der Waals surface area contributed by atoms with Gasteiger partial charge in [0.1, 0.15) is 5.75 Å². The van der Waals surface area contributed by atoms with E-state index < -0.39 is 11.3 Å². The van der Waals surface area contributed by atoms with Gasteiger partial charge < -0.3 is 4.74 Å². The SMILES string of the molecule is COc1cccc2c1CC1(CCCC1)C2(F)F. The van der Waals surface area contributed by atoms with E-state index in [1.165, 1.54) is 0 Å². The molecule has 3 rings (SSSR count). The highest BCUT2D eigenvalue weighted by molar-refractivity contribution is 5.48. The lowest BCUT2D eigenvalue weighted by Crippen LogP contribution is -2.32. The van der Waals surface area contributed by atoms with Crippen molar-refractivity contribution < 1.29 is 13.5 Å². The van der Waals surface area contributed by atoms with Gasteiger partial charge in [-0.1, -0.05) is 25.0 Å². The van der Waals surface area contributed by atoms with Gasteiger partial charge in [-0.25, -0.2) is 8.78 Å².